The summed E-state index contributed by atoms with van der Waals surface area (Å²) >= 11 is 11.8. The number of benzene rings is 2. The van der Waals surface area contributed by atoms with E-state index in [1.165, 1.54) is 0 Å². The van der Waals surface area contributed by atoms with Crippen molar-refractivity contribution in [1.29, 1.82) is 0 Å². The predicted octanol–water partition coefficient (Wildman–Crippen LogP) is 5.30. The van der Waals surface area contributed by atoms with Crippen LogP contribution in [-0.2, 0) is 0 Å². The number of aromatic nitrogens is 3. The van der Waals surface area contributed by atoms with Crippen molar-refractivity contribution >= 4 is 29.0 Å². The van der Waals surface area contributed by atoms with E-state index in [4.69, 9.17) is 27.9 Å². The van der Waals surface area contributed by atoms with Gasteiger partial charge in [0.1, 0.15) is 23.6 Å². The minimum atomic E-state index is 0.0273. The smallest absolute Gasteiger partial charge is 0.162 e. The lowest BCUT2D eigenvalue weighted by atomic mass is 10.1. The number of methoxy groups -OCH3 is 1. The van der Waals surface area contributed by atoms with Crippen LogP contribution in [0.2, 0.25) is 10.0 Å². The second-order valence-corrected chi connectivity index (χ2v) is 7.14. The van der Waals surface area contributed by atoms with Crippen molar-refractivity contribution in [3.8, 4) is 23.3 Å². The zero-order valence-corrected chi connectivity index (χ0v) is 17.6. The Morgan fingerprint density at radius 1 is 1.17 bits per heavy atom. The minimum Gasteiger partial charge on any atom is -0.494 e. The molecule has 0 aliphatic heterocycles. The molecule has 0 N–H and O–H groups in total. The Bertz CT molecular complexity index is 1100. The van der Waals surface area contributed by atoms with Gasteiger partial charge in [0.2, 0.25) is 0 Å². The standard InChI is InChI=1S/C22H19Cl2N3O2/c1-15-25-14-27(26-15)20-11-8-16(12-22(20)29-2)6-4-3-5-7-21(28)17-9-10-18(23)19(24)13-17/h8-14H,3,5,7H2,1-2H3. The van der Waals surface area contributed by atoms with Gasteiger partial charge in [-0.25, -0.2) is 9.67 Å². The normalized spacial score (nSPS) is 10.3. The summed E-state index contributed by atoms with van der Waals surface area (Å²) in [5.74, 6) is 7.59. The van der Waals surface area contributed by atoms with Crippen LogP contribution in [0.5, 0.6) is 5.75 Å². The Balaban J connectivity index is 1.58. The first-order valence-electron chi connectivity index (χ1n) is 9.01. The van der Waals surface area contributed by atoms with Gasteiger partial charge in [-0.2, -0.15) is 5.10 Å². The molecule has 5 nitrogen and oxygen atoms in total. The molecule has 0 radical (unpaired) electrons. The third-order valence-corrected chi connectivity index (χ3v) is 4.95. The SMILES string of the molecule is COc1cc(C#CCCCC(=O)c2ccc(Cl)c(Cl)c2)ccc1-n1cnc(C)n1. The van der Waals surface area contributed by atoms with E-state index in [0.29, 0.717) is 46.4 Å². The monoisotopic (exact) mass is 427 g/mol. The van der Waals surface area contributed by atoms with Crippen LogP contribution >= 0.6 is 23.2 Å². The summed E-state index contributed by atoms with van der Waals surface area (Å²) in [7, 11) is 1.61. The first-order valence-corrected chi connectivity index (χ1v) is 9.77. The molecule has 148 valence electrons. The van der Waals surface area contributed by atoms with Crippen LogP contribution < -0.4 is 4.74 Å². The number of ketones is 1. The van der Waals surface area contributed by atoms with Crippen molar-refractivity contribution in [1.82, 2.24) is 14.8 Å². The van der Waals surface area contributed by atoms with Crippen LogP contribution in [-0.4, -0.2) is 27.7 Å². The van der Waals surface area contributed by atoms with Crippen LogP contribution in [0.25, 0.3) is 5.69 Å². The third-order valence-electron chi connectivity index (χ3n) is 4.21. The zero-order valence-electron chi connectivity index (χ0n) is 16.1. The van der Waals surface area contributed by atoms with Crippen LogP contribution in [0.3, 0.4) is 0 Å². The number of unbranched alkanes of at least 4 members (excludes halogenated alkanes) is 1. The molecule has 0 spiro atoms. The average molecular weight is 428 g/mol. The molecule has 3 aromatic rings. The van der Waals surface area contributed by atoms with E-state index in [2.05, 4.69) is 21.9 Å². The second-order valence-electron chi connectivity index (χ2n) is 6.33. The molecule has 0 unspecified atom stereocenters. The number of aryl methyl sites for hydroxylation is 1. The molecule has 0 saturated heterocycles. The van der Waals surface area contributed by atoms with Crippen molar-refractivity contribution in [2.75, 3.05) is 7.11 Å². The fraction of sp³-hybridized carbons (Fsp3) is 0.227. The maximum atomic E-state index is 12.2. The summed E-state index contributed by atoms with van der Waals surface area (Å²) in [5.41, 5.74) is 2.19. The average Bonchev–Trinajstić information content (AvgIpc) is 3.15. The predicted molar refractivity (Wildman–Crippen MR) is 114 cm³/mol. The van der Waals surface area contributed by atoms with Gasteiger partial charge in [0.15, 0.2) is 5.78 Å². The van der Waals surface area contributed by atoms with Gasteiger partial charge in [0.05, 0.1) is 17.2 Å². The number of Topliss-reactive ketones (excluding diaryl/α,β-unsaturated/α-hetero) is 1. The van der Waals surface area contributed by atoms with Gasteiger partial charge >= 0.3 is 0 Å². The van der Waals surface area contributed by atoms with Gasteiger partial charge < -0.3 is 4.74 Å². The Morgan fingerprint density at radius 3 is 2.69 bits per heavy atom. The highest BCUT2D eigenvalue weighted by molar-refractivity contribution is 6.42. The van der Waals surface area contributed by atoms with Crippen LogP contribution in [0, 0.1) is 18.8 Å². The Hall–Kier alpha value is -2.81. The van der Waals surface area contributed by atoms with E-state index in [-0.39, 0.29) is 5.78 Å². The highest BCUT2D eigenvalue weighted by Crippen LogP contribution is 2.24. The molecule has 1 aromatic heterocycles. The van der Waals surface area contributed by atoms with Crippen LogP contribution in [0.1, 0.15) is 41.0 Å². The van der Waals surface area contributed by atoms with Crippen molar-refractivity contribution in [3.63, 3.8) is 0 Å². The highest BCUT2D eigenvalue weighted by atomic mass is 35.5. The second kappa shape index (κ2) is 9.60. The Morgan fingerprint density at radius 2 is 2.00 bits per heavy atom. The van der Waals surface area contributed by atoms with E-state index >= 15 is 0 Å². The number of ether oxygens (including phenoxy) is 1. The summed E-state index contributed by atoms with van der Waals surface area (Å²) in [6.07, 6.45) is 3.32. The maximum Gasteiger partial charge on any atom is 0.162 e. The topological polar surface area (TPSA) is 57.0 Å². The van der Waals surface area contributed by atoms with Crippen molar-refractivity contribution in [2.45, 2.75) is 26.2 Å². The fourth-order valence-corrected chi connectivity index (χ4v) is 3.02. The molecule has 29 heavy (non-hydrogen) atoms. The van der Waals surface area contributed by atoms with E-state index in [1.54, 1.807) is 36.3 Å². The van der Waals surface area contributed by atoms with Crippen molar-refractivity contribution < 1.29 is 9.53 Å². The van der Waals surface area contributed by atoms with Gasteiger partial charge in [-0.15, -0.1) is 0 Å². The molecule has 2 aromatic carbocycles. The molecule has 7 heteroatoms. The van der Waals surface area contributed by atoms with Gasteiger partial charge in [0.25, 0.3) is 0 Å². The van der Waals surface area contributed by atoms with Crippen molar-refractivity contribution in [3.05, 3.63) is 69.7 Å². The quantitative estimate of drug-likeness (QED) is 0.304. The molecule has 0 amide bonds. The third kappa shape index (κ3) is 5.38. The molecule has 3 rings (SSSR count). The van der Waals surface area contributed by atoms with Gasteiger partial charge in [-0.05, 0) is 49.7 Å². The number of rotatable bonds is 6. The summed E-state index contributed by atoms with van der Waals surface area (Å²) < 4.78 is 7.12. The van der Waals surface area contributed by atoms with Crippen LogP contribution in [0.4, 0.5) is 0 Å². The van der Waals surface area contributed by atoms with E-state index < -0.39 is 0 Å². The Labute approximate surface area is 179 Å². The molecule has 0 bridgehead atoms. The van der Waals surface area contributed by atoms with E-state index in [1.807, 2.05) is 25.1 Å². The van der Waals surface area contributed by atoms with E-state index in [9.17, 15) is 4.79 Å². The maximum absolute atomic E-state index is 12.2. The number of halogens is 2. The molecular formula is C22H19Cl2N3O2. The molecule has 0 aliphatic carbocycles. The number of carbonyl (C=O) groups is 1. The largest absolute Gasteiger partial charge is 0.494 e. The fourth-order valence-electron chi connectivity index (χ4n) is 2.72. The molecule has 0 aliphatic rings. The molecule has 1 heterocycles. The van der Waals surface area contributed by atoms with Gasteiger partial charge in [-0.3, -0.25) is 4.79 Å². The minimum absolute atomic E-state index is 0.0273. The number of hydrogen-bond acceptors (Lipinski definition) is 4. The lowest BCUT2D eigenvalue weighted by Crippen LogP contribution is -1.99. The summed E-state index contributed by atoms with van der Waals surface area (Å²) in [5, 5.41) is 5.12. The Kier molecular flexibility index (Phi) is 6.92. The number of nitrogens with zero attached hydrogens (tertiary/aromatic N) is 3. The summed E-state index contributed by atoms with van der Waals surface area (Å²) in [6.45, 7) is 1.83. The summed E-state index contributed by atoms with van der Waals surface area (Å²) in [6, 6.07) is 10.6. The van der Waals surface area contributed by atoms with E-state index in [0.717, 1.165) is 11.3 Å². The first-order chi connectivity index (χ1) is 14.0. The van der Waals surface area contributed by atoms with Crippen molar-refractivity contribution in [2.24, 2.45) is 0 Å². The lowest BCUT2D eigenvalue weighted by Gasteiger charge is -2.08. The molecule has 0 saturated carbocycles. The number of hydrogen-bond donors (Lipinski definition) is 0. The van der Waals surface area contributed by atoms with Crippen LogP contribution in [0.15, 0.2) is 42.7 Å². The number of carbonyl (C=O) groups excluding carboxylic acids is 1. The zero-order chi connectivity index (χ0) is 20.8. The molecule has 0 fully saturated rings. The van der Waals surface area contributed by atoms with Gasteiger partial charge in [-0.1, -0.05) is 35.0 Å². The van der Waals surface area contributed by atoms with Gasteiger partial charge in [0, 0.05) is 24.0 Å². The first kappa shape index (κ1) is 20.9. The molecule has 0 atom stereocenters. The highest BCUT2D eigenvalue weighted by Gasteiger charge is 2.09. The molecular weight excluding hydrogens is 409 g/mol. The lowest BCUT2D eigenvalue weighted by molar-refractivity contribution is 0.0980. The summed E-state index contributed by atoms with van der Waals surface area (Å²) in [4.78, 5) is 16.4.